The van der Waals surface area contributed by atoms with Crippen LogP contribution < -0.4 is 4.74 Å². The number of hydrogen-bond donors (Lipinski definition) is 0. The smallest absolute Gasteiger partial charge is 0.173 e. The Hall–Kier alpha value is -1.43. The minimum Gasteiger partial charge on any atom is -0.496 e. The molecule has 0 aromatic heterocycles. The molecule has 2 aromatic rings. The zero-order valence-electron chi connectivity index (χ0n) is 11.4. The molecule has 0 spiro atoms. The van der Waals surface area contributed by atoms with E-state index < -0.39 is 8.77 Å². The fourth-order valence-corrected chi connectivity index (χ4v) is 3.10. The molecule has 1 unspecified atom stereocenters. The van der Waals surface area contributed by atoms with E-state index in [4.69, 9.17) is 20.1 Å². The Morgan fingerprint density at radius 3 is 2.40 bits per heavy atom. The van der Waals surface area contributed by atoms with Crippen LogP contribution in [0.4, 0.5) is 0 Å². The van der Waals surface area contributed by atoms with Crippen LogP contribution in [-0.4, -0.2) is 11.3 Å². The van der Waals surface area contributed by atoms with Gasteiger partial charge in [0.15, 0.2) is 8.77 Å². The first kappa shape index (κ1) is 15.0. The zero-order valence-corrected chi connectivity index (χ0v) is 13.0. The number of aryl methyl sites for hydroxylation is 1. The number of rotatable bonds is 5. The van der Waals surface area contributed by atoms with Crippen molar-refractivity contribution in [2.75, 3.05) is 7.11 Å². The van der Waals surface area contributed by atoms with Gasteiger partial charge in [0.05, 0.1) is 18.6 Å². The third-order valence-electron chi connectivity index (χ3n) is 2.87. The maximum Gasteiger partial charge on any atom is 0.173 e. The van der Waals surface area contributed by atoms with Gasteiger partial charge in [-0.25, -0.2) is 4.21 Å². The van der Waals surface area contributed by atoms with Crippen LogP contribution in [0, 0.1) is 6.92 Å². The molecule has 0 radical (unpaired) electrons. The quantitative estimate of drug-likeness (QED) is 0.849. The number of methoxy groups -OCH3 is 1. The van der Waals surface area contributed by atoms with E-state index in [1.807, 2.05) is 43.3 Å². The fourth-order valence-electron chi connectivity index (χ4n) is 1.74. The van der Waals surface area contributed by atoms with Gasteiger partial charge in [-0.2, -0.15) is 0 Å². The molecule has 2 aromatic carbocycles. The lowest BCUT2D eigenvalue weighted by Gasteiger charge is -2.11. The minimum absolute atomic E-state index is 0.153. The maximum atomic E-state index is 12.4. The van der Waals surface area contributed by atoms with Crippen molar-refractivity contribution in [3.63, 3.8) is 0 Å². The first-order valence-electron chi connectivity index (χ1n) is 6.11. The molecule has 0 amide bonds. The van der Waals surface area contributed by atoms with Gasteiger partial charge in [0.25, 0.3) is 0 Å². The Balaban J connectivity index is 2.15. The summed E-state index contributed by atoms with van der Waals surface area (Å²) >= 11 is 5.10. The Kier molecular flexibility index (Phi) is 4.75. The average molecular weight is 308 g/mol. The van der Waals surface area contributed by atoms with E-state index in [9.17, 15) is 4.21 Å². The van der Waals surface area contributed by atoms with Crippen LogP contribution in [0.15, 0.2) is 53.4 Å². The van der Waals surface area contributed by atoms with Gasteiger partial charge in [-0.3, -0.25) is 4.18 Å². The molecule has 0 aliphatic carbocycles. The Morgan fingerprint density at radius 2 is 1.75 bits per heavy atom. The lowest BCUT2D eigenvalue weighted by atomic mass is 10.2. The lowest BCUT2D eigenvalue weighted by Crippen LogP contribution is -2.06. The van der Waals surface area contributed by atoms with E-state index >= 15 is 0 Å². The summed E-state index contributed by atoms with van der Waals surface area (Å²) in [6.07, 6.45) is 0. The number of ether oxygens (including phenoxy) is 1. The third kappa shape index (κ3) is 3.56. The normalized spacial score (nSPS) is 13.7. The van der Waals surface area contributed by atoms with Crippen molar-refractivity contribution < 1.29 is 13.1 Å². The summed E-state index contributed by atoms with van der Waals surface area (Å²) in [6, 6.07) is 14.7. The summed E-state index contributed by atoms with van der Waals surface area (Å²) in [5, 5.41) is 0. The highest BCUT2D eigenvalue weighted by Gasteiger charge is 2.12. The number of hydrogen-bond acceptors (Lipinski definition) is 4. The lowest BCUT2D eigenvalue weighted by molar-refractivity contribution is 0.322. The molecular formula is C15H16O3S2. The van der Waals surface area contributed by atoms with Gasteiger partial charge in [-0.05, 0) is 25.1 Å². The molecule has 0 fully saturated rings. The van der Waals surface area contributed by atoms with Crippen molar-refractivity contribution in [1.29, 1.82) is 0 Å². The Bertz CT molecular complexity index is 677. The van der Waals surface area contributed by atoms with E-state index in [-0.39, 0.29) is 6.61 Å². The Morgan fingerprint density at radius 1 is 1.10 bits per heavy atom. The molecular weight excluding hydrogens is 292 g/mol. The highest BCUT2D eigenvalue weighted by molar-refractivity contribution is 8.30. The van der Waals surface area contributed by atoms with Crippen LogP contribution in [0.1, 0.15) is 11.1 Å². The first-order valence-corrected chi connectivity index (χ1v) is 8.52. The molecule has 0 aliphatic rings. The van der Waals surface area contributed by atoms with E-state index in [1.54, 1.807) is 19.2 Å². The highest BCUT2D eigenvalue weighted by atomic mass is 32.8. The molecule has 20 heavy (non-hydrogen) atoms. The molecule has 0 N–H and O–H groups in total. The molecule has 0 saturated heterocycles. The second-order valence-corrected chi connectivity index (χ2v) is 7.27. The maximum absolute atomic E-state index is 12.4. The van der Waals surface area contributed by atoms with Crippen molar-refractivity contribution in [2.45, 2.75) is 18.4 Å². The molecule has 106 valence electrons. The summed E-state index contributed by atoms with van der Waals surface area (Å²) in [5.74, 6) is 0.696. The van der Waals surface area contributed by atoms with Crippen LogP contribution in [0.25, 0.3) is 0 Å². The van der Waals surface area contributed by atoms with Gasteiger partial charge in [-0.1, -0.05) is 35.9 Å². The van der Waals surface area contributed by atoms with Crippen molar-refractivity contribution in [3.8, 4) is 5.75 Å². The molecule has 0 saturated carbocycles. The molecule has 5 heteroatoms. The summed E-state index contributed by atoms with van der Waals surface area (Å²) in [5.41, 5.74) is 1.91. The predicted octanol–water partition coefficient (Wildman–Crippen LogP) is 3.24. The summed E-state index contributed by atoms with van der Waals surface area (Å²) in [4.78, 5) is 0.521. The van der Waals surface area contributed by atoms with Crippen LogP contribution in [-0.2, 0) is 30.8 Å². The first-order chi connectivity index (χ1) is 9.53. The summed E-state index contributed by atoms with van der Waals surface area (Å²) < 4.78 is 23.1. The van der Waals surface area contributed by atoms with E-state index in [0.717, 1.165) is 11.1 Å². The number of para-hydroxylation sites is 1. The SMILES string of the molecule is COc1ccccc1COS(=O)(=S)c1ccc(C)cc1. The average Bonchev–Trinajstić information content (AvgIpc) is 2.46. The topological polar surface area (TPSA) is 35.5 Å². The zero-order chi connectivity index (χ0) is 14.6. The van der Waals surface area contributed by atoms with E-state index in [2.05, 4.69) is 0 Å². The standard InChI is InChI=1S/C15H16O3S2/c1-12-7-9-14(10-8-12)20(16,19)18-11-13-5-3-4-6-15(13)17-2/h3-10H,11H2,1-2H3. The van der Waals surface area contributed by atoms with Gasteiger partial charge in [0, 0.05) is 16.8 Å². The van der Waals surface area contributed by atoms with E-state index in [1.165, 1.54) is 0 Å². The van der Waals surface area contributed by atoms with Gasteiger partial charge in [0.2, 0.25) is 0 Å². The molecule has 0 bridgehead atoms. The van der Waals surface area contributed by atoms with Gasteiger partial charge in [-0.15, -0.1) is 0 Å². The molecule has 0 heterocycles. The van der Waals surface area contributed by atoms with Crippen LogP contribution in [0.5, 0.6) is 5.75 Å². The second-order valence-electron chi connectivity index (χ2n) is 4.34. The molecule has 2 rings (SSSR count). The van der Waals surface area contributed by atoms with Crippen LogP contribution >= 0.6 is 0 Å². The fraction of sp³-hybridized carbons (Fsp3) is 0.200. The van der Waals surface area contributed by atoms with Gasteiger partial charge in [0.1, 0.15) is 5.75 Å². The molecule has 0 aliphatic heterocycles. The van der Waals surface area contributed by atoms with Crippen molar-refractivity contribution in [1.82, 2.24) is 0 Å². The largest absolute Gasteiger partial charge is 0.496 e. The van der Waals surface area contributed by atoms with Crippen molar-refractivity contribution in [3.05, 3.63) is 59.7 Å². The highest BCUT2D eigenvalue weighted by Crippen LogP contribution is 2.21. The van der Waals surface area contributed by atoms with Crippen molar-refractivity contribution >= 4 is 20.0 Å². The van der Waals surface area contributed by atoms with Crippen LogP contribution in [0.2, 0.25) is 0 Å². The van der Waals surface area contributed by atoms with Crippen molar-refractivity contribution in [2.24, 2.45) is 0 Å². The molecule has 3 nitrogen and oxygen atoms in total. The van der Waals surface area contributed by atoms with Crippen LogP contribution in [0.3, 0.4) is 0 Å². The summed E-state index contributed by atoms with van der Waals surface area (Å²) in [7, 11) is -1.34. The predicted molar refractivity (Wildman–Crippen MR) is 82.7 cm³/mol. The second kappa shape index (κ2) is 6.35. The van der Waals surface area contributed by atoms with Gasteiger partial charge < -0.3 is 4.74 Å². The molecule has 1 atom stereocenters. The monoisotopic (exact) mass is 308 g/mol. The Labute approximate surface area is 124 Å². The third-order valence-corrected chi connectivity index (χ3v) is 5.02. The minimum atomic E-state index is -2.92. The van der Waals surface area contributed by atoms with E-state index in [0.29, 0.717) is 10.6 Å². The summed E-state index contributed by atoms with van der Waals surface area (Å²) in [6.45, 7) is 2.12. The number of benzene rings is 2. The van der Waals surface area contributed by atoms with Gasteiger partial charge >= 0.3 is 0 Å².